The standard InChI is InChI=1S/C15H16N8O/c24-14(4-7-23-10-17-20-21-23)22-6-3-12-13(9-22)19-15(18-12)11-2-1-5-16-8-11/h1-2,5,8,10H,3-4,6-7,9H2,(H,18,19). The number of aryl methyl sites for hydroxylation is 1. The Bertz CT molecular complexity index is 827. The Kier molecular flexibility index (Phi) is 3.73. The minimum atomic E-state index is 0.0914. The summed E-state index contributed by atoms with van der Waals surface area (Å²) in [5.41, 5.74) is 2.97. The summed E-state index contributed by atoms with van der Waals surface area (Å²) in [6, 6.07) is 3.85. The molecule has 9 nitrogen and oxygen atoms in total. The van der Waals surface area contributed by atoms with Crippen molar-refractivity contribution in [3.8, 4) is 11.4 Å². The van der Waals surface area contributed by atoms with E-state index in [9.17, 15) is 4.79 Å². The van der Waals surface area contributed by atoms with Gasteiger partial charge in [0, 0.05) is 37.3 Å². The number of fused-ring (bicyclic) bond motifs is 1. The number of tetrazole rings is 1. The van der Waals surface area contributed by atoms with Crippen LogP contribution < -0.4 is 0 Å². The van der Waals surface area contributed by atoms with Crippen LogP contribution in [-0.2, 0) is 24.3 Å². The molecule has 0 spiro atoms. The summed E-state index contributed by atoms with van der Waals surface area (Å²) < 4.78 is 1.56. The van der Waals surface area contributed by atoms with Crippen LogP contribution in [0.4, 0.5) is 0 Å². The highest BCUT2D eigenvalue weighted by Gasteiger charge is 2.23. The van der Waals surface area contributed by atoms with E-state index in [-0.39, 0.29) is 5.91 Å². The lowest BCUT2D eigenvalue weighted by Gasteiger charge is -2.26. The van der Waals surface area contributed by atoms with Gasteiger partial charge in [0.05, 0.1) is 24.5 Å². The van der Waals surface area contributed by atoms with Crippen molar-refractivity contribution in [1.82, 2.24) is 40.1 Å². The summed E-state index contributed by atoms with van der Waals surface area (Å²) in [5, 5.41) is 10.9. The minimum Gasteiger partial charge on any atom is -0.340 e. The van der Waals surface area contributed by atoms with Crippen molar-refractivity contribution in [2.45, 2.75) is 25.9 Å². The first-order valence-corrected chi connectivity index (χ1v) is 7.76. The van der Waals surface area contributed by atoms with E-state index in [1.54, 1.807) is 17.1 Å². The Labute approximate surface area is 137 Å². The molecule has 0 atom stereocenters. The van der Waals surface area contributed by atoms with Gasteiger partial charge in [-0.1, -0.05) is 0 Å². The molecule has 4 heterocycles. The normalized spacial score (nSPS) is 13.8. The summed E-state index contributed by atoms with van der Waals surface area (Å²) in [6.07, 6.45) is 6.15. The highest BCUT2D eigenvalue weighted by Crippen LogP contribution is 2.22. The maximum Gasteiger partial charge on any atom is 0.224 e. The number of carbonyl (C=O) groups excluding carboxylic acids is 1. The van der Waals surface area contributed by atoms with Crippen LogP contribution in [-0.4, -0.2) is 52.5 Å². The average Bonchev–Trinajstić information content (AvgIpc) is 3.29. The third kappa shape index (κ3) is 2.87. The van der Waals surface area contributed by atoms with Crippen LogP contribution >= 0.6 is 0 Å². The van der Waals surface area contributed by atoms with Gasteiger partial charge in [-0.15, -0.1) is 5.10 Å². The minimum absolute atomic E-state index is 0.0914. The third-order valence-corrected chi connectivity index (χ3v) is 4.07. The molecule has 3 aromatic rings. The van der Waals surface area contributed by atoms with Crippen LogP contribution in [0.1, 0.15) is 17.8 Å². The van der Waals surface area contributed by atoms with Crippen molar-refractivity contribution >= 4 is 5.91 Å². The first kappa shape index (κ1) is 14.5. The molecule has 24 heavy (non-hydrogen) atoms. The first-order valence-electron chi connectivity index (χ1n) is 7.76. The second-order valence-electron chi connectivity index (χ2n) is 5.64. The molecule has 3 aromatic heterocycles. The summed E-state index contributed by atoms with van der Waals surface area (Å²) in [7, 11) is 0. The number of hydrogen-bond acceptors (Lipinski definition) is 6. The monoisotopic (exact) mass is 324 g/mol. The number of nitrogens with zero attached hydrogens (tertiary/aromatic N) is 7. The maximum absolute atomic E-state index is 12.4. The van der Waals surface area contributed by atoms with Crippen molar-refractivity contribution in [2.24, 2.45) is 0 Å². The van der Waals surface area contributed by atoms with Crippen molar-refractivity contribution in [1.29, 1.82) is 0 Å². The topological polar surface area (TPSA) is 105 Å². The number of aromatic amines is 1. The van der Waals surface area contributed by atoms with Gasteiger partial charge < -0.3 is 9.88 Å². The van der Waals surface area contributed by atoms with E-state index in [4.69, 9.17) is 0 Å². The molecule has 0 aliphatic carbocycles. The molecule has 1 aliphatic rings. The Morgan fingerprint density at radius 3 is 3.12 bits per heavy atom. The number of aromatic nitrogens is 7. The predicted octanol–water partition coefficient (Wildman–Crippen LogP) is 0.433. The lowest BCUT2D eigenvalue weighted by molar-refractivity contribution is -0.132. The van der Waals surface area contributed by atoms with Crippen LogP contribution in [0.15, 0.2) is 30.9 Å². The fourth-order valence-corrected chi connectivity index (χ4v) is 2.80. The van der Waals surface area contributed by atoms with E-state index in [1.165, 1.54) is 6.33 Å². The van der Waals surface area contributed by atoms with Gasteiger partial charge in [0.15, 0.2) is 0 Å². The zero-order chi connectivity index (χ0) is 16.4. The van der Waals surface area contributed by atoms with Gasteiger partial charge in [0.1, 0.15) is 12.2 Å². The number of amides is 1. The highest BCUT2D eigenvalue weighted by atomic mass is 16.2. The van der Waals surface area contributed by atoms with Crippen LogP contribution in [0.25, 0.3) is 11.4 Å². The van der Waals surface area contributed by atoms with E-state index >= 15 is 0 Å². The van der Waals surface area contributed by atoms with E-state index in [0.717, 1.165) is 29.2 Å². The smallest absolute Gasteiger partial charge is 0.224 e. The van der Waals surface area contributed by atoms with Gasteiger partial charge in [-0.2, -0.15) is 0 Å². The molecule has 0 bridgehead atoms. The van der Waals surface area contributed by atoms with Crippen molar-refractivity contribution < 1.29 is 4.79 Å². The van der Waals surface area contributed by atoms with Gasteiger partial charge >= 0.3 is 0 Å². The van der Waals surface area contributed by atoms with Gasteiger partial charge in [-0.3, -0.25) is 9.78 Å². The van der Waals surface area contributed by atoms with E-state index < -0.39 is 0 Å². The zero-order valence-corrected chi connectivity index (χ0v) is 13.0. The van der Waals surface area contributed by atoms with Crippen LogP contribution in [0.5, 0.6) is 0 Å². The second kappa shape index (κ2) is 6.19. The molecule has 1 N–H and O–H groups in total. The third-order valence-electron chi connectivity index (χ3n) is 4.07. The summed E-state index contributed by atoms with van der Waals surface area (Å²) in [5.74, 6) is 0.893. The summed E-state index contributed by atoms with van der Waals surface area (Å²) >= 11 is 0. The lowest BCUT2D eigenvalue weighted by Crippen LogP contribution is -2.36. The van der Waals surface area contributed by atoms with Crippen LogP contribution in [0.2, 0.25) is 0 Å². The number of hydrogen-bond donors (Lipinski definition) is 1. The average molecular weight is 324 g/mol. The van der Waals surface area contributed by atoms with E-state index in [0.29, 0.717) is 26.1 Å². The SMILES string of the molecule is O=C(CCn1cnnn1)N1CCc2nc(-c3cccnc3)[nH]c2C1. The first-order chi connectivity index (χ1) is 11.8. The van der Waals surface area contributed by atoms with Crippen molar-refractivity contribution in [3.63, 3.8) is 0 Å². The molecule has 0 radical (unpaired) electrons. The van der Waals surface area contributed by atoms with E-state index in [2.05, 4.69) is 30.5 Å². The maximum atomic E-state index is 12.4. The molecule has 1 aliphatic heterocycles. The summed E-state index contributed by atoms with van der Waals surface area (Å²) in [4.78, 5) is 26.3. The number of rotatable bonds is 4. The Hall–Kier alpha value is -3.10. The van der Waals surface area contributed by atoms with Gasteiger partial charge in [-0.05, 0) is 22.6 Å². The molecule has 0 saturated heterocycles. The molecule has 0 saturated carbocycles. The quantitative estimate of drug-likeness (QED) is 0.746. The molecular weight excluding hydrogens is 308 g/mol. The molecule has 1 amide bonds. The van der Waals surface area contributed by atoms with Gasteiger partial charge in [0.25, 0.3) is 0 Å². The lowest BCUT2D eigenvalue weighted by atomic mass is 10.1. The van der Waals surface area contributed by atoms with Crippen molar-refractivity contribution in [2.75, 3.05) is 6.54 Å². The summed E-state index contributed by atoms with van der Waals surface area (Å²) in [6.45, 7) is 1.72. The van der Waals surface area contributed by atoms with Crippen LogP contribution in [0.3, 0.4) is 0 Å². The molecule has 4 rings (SSSR count). The number of nitrogens with one attached hydrogen (secondary N) is 1. The molecule has 122 valence electrons. The Balaban J connectivity index is 1.44. The number of carbonyl (C=O) groups is 1. The second-order valence-corrected chi connectivity index (χ2v) is 5.64. The Morgan fingerprint density at radius 2 is 2.33 bits per heavy atom. The highest BCUT2D eigenvalue weighted by molar-refractivity contribution is 5.76. The fraction of sp³-hybridized carbons (Fsp3) is 0.333. The zero-order valence-electron chi connectivity index (χ0n) is 13.0. The molecule has 0 unspecified atom stereocenters. The van der Waals surface area contributed by atoms with Gasteiger partial charge in [0.2, 0.25) is 5.91 Å². The van der Waals surface area contributed by atoms with E-state index in [1.807, 2.05) is 17.0 Å². The van der Waals surface area contributed by atoms with Gasteiger partial charge in [-0.25, -0.2) is 9.67 Å². The largest absolute Gasteiger partial charge is 0.340 e. The molecule has 9 heteroatoms. The van der Waals surface area contributed by atoms with Crippen molar-refractivity contribution in [3.05, 3.63) is 42.2 Å². The number of pyridine rings is 1. The molecular formula is C15H16N8O. The molecule has 0 aromatic carbocycles. The number of imidazole rings is 1. The number of H-pyrrole nitrogens is 1. The predicted molar refractivity (Wildman–Crippen MR) is 83.4 cm³/mol. The Morgan fingerprint density at radius 1 is 1.38 bits per heavy atom. The van der Waals surface area contributed by atoms with Crippen LogP contribution in [0, 0.1) is 0 Å². The fourth-order valence-electron chi connectivity index (χ4n) is 2.80. The molecule has 0 fully saturated rings.